The Hall–Kier alpha value is -1.18. The van der Waals surface area contributed by atoms with Crippen LogP contribution in [0, 0.1) is 29.6 Å². The first-order chi connectivity index (χ1) is 14.0. The highest BCUT2D eigenvalue weighted by Crippen LogP contribution is 2.41. The van der Waals surface area contributed by atoms with E-state index in [4.69, 9.17) is 23.7 Å². The zero-order chi connectivity index (χ0) is 22.6. The third-order valence-electron chi connectivity index (χ3n) is 7.51. The van der Waals surface area contributed by atoms with E-state index in [0.29, 0.717) is 31.0 Å². The van der Waals surface area contributed by atoms with Crippen molar-refractivity contribution < 1.29 is 33.3 Å². The quantitative estimate of drug-likeness (QED) is 0.549. The van der Waals surface area contributed by atoms with E-state index in [1.807, 2.05) is 0 Å². The second-order valence-corrected chi connectivity index (χ2v) is 9.53. The molecule has 2 saturated heterocycles. The molecule has 7 heteroatoms. The first kappa shape index (κ1) is 25.1. The number of ether oxygens (including phenoxy) is 5. The lowest BCUT2D eigenvalue weighted by molar-refractivity contribution is -0.187. The van der Waals surface area contributed by atoms with Crippen LogP contribution in [0.25, 0.3) is 0 Å². The smallest absolute Gasteiger partial charge is 0.302 e. The van der Waals surface area contributed by atoms with Crippen LogP contribution in [0.2, 0.25) is 0 Å². The molecule has 0 aromatic rings. The average Bonchev–Trinajstić information content (AvgIpc) is 2.89. The Morgan fingerprint density at radius 1 is 0.767 bits per heavy atom. The van der Waals surface area contributed by atoms with Crippen molar-refractivity contribution in [2.24, 2.45) is 29.6 Å². The summed E-state index contributed by atoms with van der Waals surface area (Å²) in [5.41, 5.74) is -0.446. The van der Waals surface area contributed by atoms with Gasteiger partial charge in [0.1, 0.15) is 13.2 Å². The minimum absolute atomic E-state index is 0.0636. The normalized spacial score (nSPS) is 41.5. The zero-order valence-corrected chi connectivity index (χ0v) is 19.8. The van der Waals surface area contributed by atoms with Gasteiger partial charge in [-0.15, -0.1) is 0 Å². The van der Waals surface area contributed by atoms with E-state index >= 15 is 0 Å². The standard InChI is InChI=1S/C23H40O7/c1-13-14(2)20(29-21(15(13)3)10-27-18(6)24)9-26-12-23(8)17(5)16(4)22(30-23)11-28-19(7)25/h13-17,20-22H,9-12H2,1-8H3. The van der Waals surface area contributed by atoms with E-state index in [-0.39, 0.29) is 55.3 Å². The lowest BCUT2D eigenvalue weighted by Gasteiger charge is -2.43. The Kier molecular flexibility index (Phi) is 8.71. The Bertz CT molecular complexity index is 594. The molecule has 0 N–H and O–H groups in total. The summed E-state index contributed by atoms with van der Waals surface area (Å²) >= 11 is 0. The minimum Gasteiger partial charge on any atom is -0.463 e. The molecular formula is C23H40O7. The topological polar surface area (TPSA) is 80.3 Å². The van der Waals surface area contributed by atoms with E-state index in [1.165, 1.54) is 13.8 Å². The largest absolute Gasteiger partial charge is 0.463 e. The van der Waals surface area contributed by atoms with Crippen LogP contribution < -0.4 is 0 Å². The van der Waals surface area contributed by atoms with E-state index in [0.717, 1.165) is 0 Å². The van der Waals surface area contributed by atoms with Gasteiger partial charge in [0.2, 0.25) is 0 Å². The van der Waals surface area contributed by atoms with Gasteiger partial charge in [-0.2, -0.15) is 0 Å². The number of hydrogen-bond acceptors (Lipinski definition) is 7. The molecule has 0 aromatic heterocycles. The maximum Gasteiger partial charge on any atom is 0.302 e. The Morgan fingerprint density at radius 3 is 1.80 bits per heavy atom. The van der Waals surface area contributed by atoms with Crippen LogP contribution in [0.15, 0.2) is 0 Å². The lowest BCUT2D eigenvalue weighted by atomic mass is 9.76. The van der Waals surface area contributed by atoms with Crippen molar-refractivity contribution in [3.8, 4) is 0 Å². The Labute approximate surface area is 181 Å². The molecule has 2 rings (SSSR count). The average molecular weight is 429 g/mol. The van der Waals surface area contributed by atoms with Crippen molar-refractivity contribution >= 4 is 11.9 Å². The summed E-state index contributed by atoms with van der Waals surface area (Å²) in [6.07, 6.45) is -0.318. The molecule has 2 heterocycles. The molecule has 9 unspecified atom stereocenters. The first-order valence-corrected chi connectivity index (χ1v) is 11.1. The summed E-state index contributed by atoms with van der Waals surface area (Å²) in [6.45, 7) is 17.2. The molecule has 2 fully saturated rings. The first-order valence-electron chi connectivity index (χ1n) is 11.1. The second-order valence-electron chi connectivity index (χ2n) is 9.53. The van der Waals surface area contributed by atoms with Crippen LogP contribution in [0.5, 0.6) is 0 Å². The number of rotatable bonds is 8. The molecule has 174 valence electrons. The van der Waals surface area contributed by atoms with Crippen molar-refractivity contribution in [1.82, 2.24) is 0 Å². The van der Waals surface area contributed by atoms with Gasteiger partial charge >= 0.3 is 11.9 Å². The van der Waals surface area contributed by atoms with Crippen molar-refractivity contribution in [3.05, 3.63) is 0 Å². The summed E-state index contributed by atoms with van der Waals surface area (Å²) in [7, 11) is 0. The molecule has 7 nitrogen and oxygen atoms in total. The van der Waals surface area contributed by atoms with Crippen molar-refractivity contribution in [1.29, 1.82) is 0 Å². The molecule has 0 aliphatic carbocycles. The fraction of sp³-hybridized carbons (Fsp3) is 0.913. The Morgan fingerprint density at radius 2 is 1.27 bits per heavy atom. The van der Waals surface area contributed by atoms with Crippen LogP contribution in [-0.4, -0.2) is 62.3 Å². The molecule has 0 aromatic carbocycles. The number of carbonyl (C=O) groups excluding carboxylic acids is 2. The summed E-state index contributed by atoms with van der Waals surface area (Å²) in [5, 5.41) is 0. The summed E-state index contributed by atoms with van der Waals surface area (Å²) in [6, 6.07) is 0. The van der Waals surface area contributed by atoms with Gasteiger partial charge in [0, 0.05) is 13.8 Å². The van der Waals surface area contributed by atoms with Crippen molar-refractivity contribution in [3.63, 3.8) is 0 Å². The molecule has 0 saturated carbocycles. The van der Waals surface area contributed by atoms with Gasteiger partial charge in [-0.25, -0.2) is 0 Å². The monoisotopic (exact) mass is 428 g/mol. The molecule has 0 radical (unpaired) electrons. The van der Waals surface area contributed by atoms with Gasteiger partial charge in [-0.3, -0.25) is 9.59 Å². The van der Waals surface area contributed by atoms with Gasteiger partial charge < -0.3 is 23.7 Å². The number of hydrogen-bond donors (Lipinski definition) is 0. The van der Waals surface area contributed by atoms with Gasteiger partial charge in [-0.1, -0.05) is 34.6 Å². The van der Waals surface area contributed by atoms with Gasteiger partial charge in [0.05, 0.1) is 37.1 Å². The number of carbonyl (C=O) groups is 2. The summed E-state index contributed by atoms with van der Waals surface area (Å²) in [4.78, 5) is 22.3. The van der Waals surface area contributed by atoms with Crippen LogP contribution >= 0.6 is 0 Å². The highest BCUT2D eigenvalue weighted by molar-refractivity contribution is 5.66. The SMILES string of the molecule is CC(=O)OCC1OC(COCC2(C)OC(COC(C)=O)C(C)C2C)C(C)C(C)C1C. The highest BCUT2D eigenvalue weighted by Gasteiger charge is 2.48. The number of esters is 2. The van der Waals surface area contributed by atoms with E-state index < -0.39 is 5.60 Å². The van der Waals surface area contributed by atoms with Gasteiger partial charge in [0.15, 0.2) is 0 Å². The van der Waals surface area contributed by atoms with Crippen LogP contribution in [0.3, 0.4) is 0 Å². The fourth-order valence-corrected chi connectivity index (χ4v) is 4.58. The van der Waals surface area contributed by atoms with Crippen molar-refractivity contribution in [2.45, 2.75) is 79.3 Å². The van der Waals surface area contributed by atoms with Crippen LogP contribution in [-0.2, 0) is 33.3 Å². The molecule has 0 spiro atoms. The fourth-order valence-electron chi connectivity index (χ4n) is 4.58. The van der Waals surface area contributed by atoms with E-state index in [1.54, 1.807) is 0 Å². The third-order valence-corrected chi connectivity index (χ3v) is 7.51. The van der Waals surface area contributed by atoms with Crippen LogP contribution in [0.4, 0.5) is 0 Å². The van der Waals surface area contributed by atoms with E-state index in [9.17, 15) is 9.59 Å². The molecule has 30 heavy (non-hydrogen) atoms. The molecular weight excluding hydrogens is 388 g/mol. The molecule has 9 atom stereocenters. The molecule has 2 aliphatic rings. The second kappa shape index (κ2) is 10.4. The van der Waals surface area contributed by atoms with Gasteiger partial charge in [-0.05, 0) is 36.5 Å². The summed E-state index contributed by atoms with van der Waals surface area (Å²) in [5.74, 6) is 1.00. The van der Waals surface area contributed by atoms with Gasteiger partial charge in [0.25, 0.3) is 0 Å². The maximum atomic E-state index is 11.2. The zero-order valence-electron chi connectivity index (χ0n) is 19.8. The van der Waals surface area contributed by atoms with Crippen molar-refractivity contribution in [2.75, 3.05) is 26.4 Å². The summed E-state index contributed by atoms with van der Waals surface area (Å²) < 4.78 is 29.0. The van der Waals surface area contributed by atoms with E-state index in [2.05, 4.69) is 41.5 Å². The highest BCUT2D eigenvalue weighted by atomic mass is 16.6. The van der Waals surface area contributed by atoms with Crippen LogP contribution in [0.1, 0.15) is 55.4 Å². The molecule has 2 aliphatic heterocycles. The predicted octanol–water partition coefficient (Wildman–Crippen LogP) is 3.23. The Balaban J connectivity index is 1.90. The lowest BCUT2D eigenvalue weighted by Crippen LogP contribution is -2.49. The maximum absolute atomic E-state index is 11.2. The third kappa shape index (κ3) is 5.95. The molecule has 0 amide bonds. The minimum atomic E-state index is -0.446. The molecule has 0 bridgehead atoms. The predicted molar refractivity (Wildman–Crippen MR) is 112 cm³/mol.